The average Bonchev–Trinajstić information content (AvgIpc) is 3.16. The van der Waals surface area contributed by atoms with Crippen molar-refractivity contribution in [1.29, 1.82) is 0 Å². The van der Waals surface area contributed by atoms with Crippen LogP contribution in [0.4, 0.5) is 0 Å². The van der Waals surface area contributed by atoms with Crippen LogP contribution in [0.15, 0.2) is 41.0 Å². The smallest absolute Gasteiger partial charge is 0.286 e. The molecule has 0 radical (unpaired) electrons. The number of para-hydroxylation sites is 1. The average molecular weight is 393 g/mol. The number of halogens is 1. The van der Waals surface area contributed by atoms with Crippen LogP contribution in [0.25, 0.3) is 10.2 Å². The summed E-state index contributed by atoms with van der Waals surface area (Å²) in [7, 11) is 0. The molecular weight excluding hydrogens is 380 g/mol. The van der Waals surface area contributed by atoms with Crippen LogP contribution in [0.3, 0.4) is 0 Å². The lowest BCUT2D eigenvalue weighted by Crippen LogP contribution is -2.41. The van der Waals surface area contributed by atoms with Gasteiger partial charge in [0, 0.05) is 23.5 Å². The van der Waals surface area contributed by atoms with Crippen LogP contribution in [0.5, 0.6) is 0 Å². The molecule has 0 saturated heterocycles. The Bertz CT molecular complexity index is 825. The molecule has 8 heteroatoms. The standard InChI is InChI=1S/C15H13BrN4O2S/c16-9-7-11(17-8-9)15(22)20-19-13(21)5-6-14-18-10-3-1-2-4-12(10)23-14/h1-4,7-8,17H,5-6H2,(H,19,21)(H,20,22). The molecule has 0 aliphatic heterocycles. The Kier molecular flexibility index (Phi) is 4.73. The molecule has 0 atom stereocenters. The van der Waals surface area contributed by atoms with Gasteiger partial charge >= 0.3 is 0 Å². The fourth-order valence-electron chi connectivity index (χ4n) is 2.00. The molecule has 0 spiro atoms. The number of carbonyl (C=O) groups excluding carboxylic acids is 2. The van der Waals surface area contributed by atoms with Crippen molar-refractivity contribution in [3.05, 3.63) is 51.7 Å². The Labute approximate surface area is 144 Å². The van der Waals surface area contributed by atoms with Gasteiger partial charge in [0.25, 0.3) is 5.91 Å². The molecule has 3 aromatic rings. The topological polar surface area (TPSA) is 86.9 Å². The van der Waals surface area contributed by atoms with E-state index in [2.05, 4.69) is 36.7 Å². The van der Waals surface area contributed by atoms with Gasteiger partial charge in [0.2, 0.25) is 5.91 Å². The molecular formula is C15H13BrN4O2S. The molecule has 1 aromatic carbocycles. The number of nitrogens with zero attached hydrogens (tertiary/aromatic N) is 1. The number of amides is 2. The fourth-order valence-corrected chi connectivity index (χ4v) is 3.31. The van der Waals surface area contributed by atoms with E-state index in [-0.39, 0.29) is 12.3 Å². The van der Waals surface area contributed by atoms with Crippen molar-refractivity contribution in [3.8, 4) is 0 Å². The molecule has 2 heterocycles. The number of aromatic nitrogens is 2. The van der Waals surface area contributed by atoms with Crippen molar-refractivity contribution >= 4 is 49.3 Å². The Morgan fingerprint density at radius 2 is 2.09 bits per heavy atom. The summed E-state index contributed by atoms with van der Waals surface area (Å²) >= 11 is 4.82. The summed E-state index contributed by atoms with van der Waals surface area (Å²) in [6.45, 7) is 0. The Hall–Kier alpha value is -2.19. The number of H-pyrrole nitrogens is 1. The SMILES string of the molecule is O=C(CCc1nc2ccccc2s1)NNC(=O)c1cc(Br)c[nH]1. The minimum atomic E-state index is -0.399. The van der Waals surface area contributed by atoms with Gasteiger partial charge in [-0.25, -0.2) is 4.98 Å². The second kappa shape index (κ2) is 6.93. The number of carbonyl (C=O) groups is 2. The summed E-state index contributed by atoms with van der Waals surface area (Å²) in [5.41, 5.74) is 6.07. The molecule has 23 heavy (non-hydrogen) atoms. The van der Waals surface area contributed by atoms with Gasteiger partial charge in [-0.1, -0.05) is 12.1 Å². The Morgan fingerprint density at radius 1 is 1.26 bits per heavy atom. The van der Waals surface area contributed by atoms with Gasteiger partial charge in [-0.3, -0.25) is 20.4 Å². The summed E-state index contributed by atoms with van der Waals surface area (Å²) in [6, 6.07) is 9.48. The normalized spacial score (nSPS) is 10.7. The molecule has 0 bridgehead atoms. The number of hydrazine groups is 1. The van der Waals surface area contributed by atoms with E-state index < -0.39 is 5.91 Å². The fraction of sp³-hybridized carbons (Fsp3) is 0.133. The number of fused-ring (bicyclic) bond motifs is 1. The van der Waals surface area contributed by atoms with Gasteiger partial charge in [-0.05, 0) is 34.1 Å². The first-order chi connectivity index (χ1) is 11.1. The highest BCUT2D eigenvalue weighted by Crippen LogP contribution is 2.22. The molecule has 0 unspecified atom stereocenters. The zero-order chi connectivity index (χ0) is 16.2. The first kappa shape index (κ1) is 15.7. The van der Waals surface area contributed by atoms with E-state index >= 15 is 0 Å². The van der Waals surface area contributed by atoms with E-state index in [0.29, 0.717) is 12.1 Å². The zero-order valence-corrected chi connectivity index (χ0v) is 14.3. The summed E-state index contributed by atoms with van der Waals surface area (Å²) in [5.74, 6) is -0.660. The van der Waals surface area contributed by atoms with Crippen molar-refractivity contribution in [2.75, 3.05) is 0 Å². The van der Waals surface area contributed by atoms with Crippen molar-refractivity contribution < 1.29 is 9.59 Å². The van der Waals surface area contributed by atoms with Gasteiger partial charge in [0.1, 0.15) is 5.69 Å². The number of hydrogen-bond donors (Lipinski definition) is 3. The van der Waals surface area contributed by atoms with Crippen molar-refractivity contribution in [3.63, 3.8) is 0 Å². The van der Waals surface area contributed by atoms with Crippen LogP contribution >= 0.6 is 27.3 Å². The largest absolute Gasteiger partial charge is 0.356 e. The molecule has 6 nitrogen and oxygen atoms in total. The van der Waals surface area contributed by atoms with Crippen LogP contribution in [0, 0.1) is 0 Å². The first-order valence-corrected chi connectivity index (χ1v) is 8.50. The molecule has 0 fully saturated rings. The van der Waals surface area contributed by atoms with Crippen LogP contribution in [-0.2, 0) is 11.2 Å². The van der Waals surface area contributed by atoms with E-state index in [1.165, 1.54) is 0 Å². The molecule has 0 aliphatic carbocycles. The number of nitrogens with one attached hydrogen (secondary N) is 3. The predicted octanol–water partition coefficient (Wildman–Crippen LogP) is 2.78. The van der Waals surface area contributed by atoms with Gasteiger partial charge in [-0.2, -0.15) is 0 Å². The van der Waals surface area contributed by atoms with Crippen LogP contribution < -0.4 is 10.9 Å². The second-order valence-electron chi connectivity index (χ2n) is 4.81. The predicted molar refractivity (Wildman–Crippen MR) is 92.0 cm³/mol. The van der Waals surface area contributed by atoms with E-state index in [9.17, 15) is 9.59 Å². The van der Waals surface area contributed by atoms with Crippen molar-refractivity contribution in [1.82, 2.24) is 20.8 Å². The van der Waals surface area contributed by atoms with Gasteiger partial charge in [0.05, 0.1) is 15.2 Å². The number of aryl methyl sites for hydroxylation is 1. The number of rotatable bonds is 4. The third kappa shape index (κ3) is 3.96. The van der Waals surface area contributed by atoms with Crippen molar-refractivity contribution in [2.45, 2.75) is 12.8 Å². The summed E-state index contributed by atoms with van der Waals surface area (Å²) in [6.07, 6.45) is 2.44. The van der Waals surface area contributed by atoms with E-state index in [4.69, 9.17) is 0 Å². The summed E-state index contributed by atoms with van der Waals surface area (Å²) in [4.78, 5) is 30.8. The molecule has 118 valence electrons. The molecule has 0 saturated carbocycles. The lowest BCUT2D eigenvalue weighted by Gasteiger charge is -2.05. The maximum absolute atomic E-state index is 11.8. The van der Waals surface area contributed by atoms with Gasteiger partial charge in [-0.15, -0.1) is 11.3 Å². The van der Waals surface area contributed by atoms with E-state index in [1.807, 2.05) is 24.3 Å². The monoisotopic (exact) mass is 392 g/mol. The number of hydrogen-bond acceptors (Lipinski definition) is 4. The van der Waals surface area contributed by atoms with Gasteiger partial charge in [0.15, 0.2) is 0 Å². The highest BCUT2D eigenvalue weighted by molar-refractivity contribution is 9.10. The van der Waals surface area contributed by atoms with Crippen molar-refractivity contribution in [2.24, 2.45) is 0 Å². The number of benzene rings is 1. The second-order valence-corrected chi connectivity index (χ2v) is 6.84. The maximum atomic E-state index is 11.8. The van der Waals surface area contributed by atoms with Crippen LogP contribution in [0.1, 0.15) is 21.9 Å². The zero-order valence-electron chi connectivity index (χ0n) is 11.9. The molecule has 2 amide bonds. The quantitative estimate of drug-likeness (QED) is 0.596. The van der Waals surface area contributed by atoms with Gasteiger partial charge < -0.3 is 4.98 Å². The molecule has 3 rings (SSSR count). The van der Waals surface area contributed by atoms with Crippen LogP contribution in [-0.4, -0.2) is 21.8 Å². The maximum Gasteiger partial charge on any atom is 0.286 e. The molecule has 0 aliphatic rings. The first-order valence-electron chi connectivity index (χ1n) is 6.89. The third-order valence-corrected chi connectivity index (χ3v) is 4.67. The number of aromatic amines is 1. The summed E-state index contributed by atoms with van der Waals surface area (Å²) in [5, 5.41) is 0.904. The minimum Gasteiger partial charge on any atom is -0.356 e. The van der Waals surface area contributed by atoms with E-state index in [1.54, 1.807) is 23.6 Å². The third-order valence-electron chi connectivity index (χ3n) is 3.11. The van der Waals surface area contributed by atoms with Crippen LogP contribution in [0.2, 0.25) is 0 Å². The number of thiazole rings is 1. The lowest BCUT2D eigenvalue weighted by molar-refractivity contribution is -0.121. The Balaban J connectivity index is 1.48. The minimum absolute atomic E-state index is 0.258. The molecule has 2 aromatic heterocycles. The van der Waals surface area contributed by atoms with E-state index in [0.717, 1.165) is 19.7 Å². The Morgan fingerprint density at radius 3 is 2.83 bits per heavy atom. The lowest BCUT2D eigenvalue weighted by atomic mass is 10.3. The highest BCUT2D eigenvalue weighted by atomic mass is 79.9. The summed E-state index contributed by atoms with van der Waals surface area (Å²) < 4.78 is 1.87. The highest BCUT2D eigenvalue weighted by Gasteiger charge is 2.10. The molecule has 3 N–H and O–H groups in total.